The van der Waals surface area contributed by atoms with Crippen molar-refractivity contribution in [1.29, 1.82) is 0 Å². The Bertz CT molecular complexity index is 44.5. The molecule has 0 spiro atoms. The third kappa shape index (κ3) is 6.02. The van der Waals surface area contributed by atoms with E-state index in [1.54, 1.807) is 0 Å². The van der Waals surface area contributed by atoms with E-state index in [1.807, 2.05) is 20.8 Å². The Kier molecular flexibility index (Phi) is 3.97. The highest BCUT2D eigenvalue weighted by Gasteiger charge is 1.94. The van der Waals surface area contributed by atoms with Gasteiger partial charge in [0.05, 0.1) is 14.0 Å². The Balaban J connectivity index is 2.93. The molecule has 0 aromatic heterocycles. The van der Waals surface area contributed by atoms with E-state index in [2.05, 4.69) is 0 Å². The van der Waals surface area contributed by atoms with Gasteiger partial charge in [-0.3, -0.25) is 0 Å². The van der Waals surface area contributed by atoms with E-state index in [0.717, 1.165) is 0 Å². The van der Waals surface area contributed by atoms with Gasteiger partial charge < -0.3 is 4.74 Å². The van der Waals surface area contributed by atoms with Crippen LogP contribution in [-0.4, -0.2) is 20.6 Å². The molecular weight excluding hydrogens is 98.9 g/mol. The standard InChI is InChI=1S/C6H13BO/c1-5(2)8-4-6(3)7/h5-6H,4H2,1-3H3. The van der Waals surface area contributed by atoms with Crippen LogP contribution in [0.4, 0.5) is 0 Å². The average Bonchev–Trinajstić information content (AvgIpc) is 1.61. The third-order valence-electron chi connectivity index (χ3n) is 0.692. The normalized spacial score (nSPS) is 14.5. The van der Waals surface area contributed by atoms with Gasteiger partial charge in [-0.25, -0.2) is 0 Å². The van der Waals surface area contributed by atoms with E-state index in [-0.39, 0.29) is 5.82 Å². The molecule has 8 heavy (non-hydrogen) atoms. The topological polar surface area (TPSA) is 9.23 Å². The zero-order chi connectivity index (χ0) is 6.57. The van der Waals surface area contributed by atoms with E-state index in [1.165, 1.54) is 0 Å². The second-order valence-corrected chi connectivity index (χ2v) is 2.36. The second-order valence-electron chi connectivity index (χ2n) is 2.36. The summed E-state index contributed by atoms with van der Waals surface area (Å²) in [7, 11) is 5.42. The van der Waals surface area contributed by atoms with Crippen LogP contribution in [0.5, 0.6) is 0 Å². The first-order valence-electron chi connectivity index (χ1n) is 3.00. The Morgan fingerprint density at radius 1 is 1.38 bits per heavy atom. The van der Waals surface area contributed by atoms with Crippen LogP contribution in [0.15, 0.2) is 0 Å². The first kappa shape index (κ1) is 8.02. The minimum atomic E-state index is 0.164. The first-order chi connectivity index (χ1) is 3.63. The molecule has 2 heteroatoms. The van der Waals surface area contributed by atoms with Crippen molar-refractivity contribution in [2.24, 2.45) is 0 Å². The van der Waals surface area contributed by atoms with Crippen molar-refractivity contribution in [3.8, 4) is 0 Å². The molecule has 0 saturated carbocycles. The largest absolute Gasteiger partial charge is 0.379 e. The van der Waals surface area contributed by atoms with Crippen LogP contribution in [0.25, 0.3) is 0 Å². The van der Waals surface area contributed by atoms with Gasteiger partial charge in [0.1, 0.15) is 0 Å². The fourth-order valence-electron chi connectivity index (χ4n) is 0.344. The molecule has 0 aromatic carbocycles. The first-order valence-corrected chi connectivity index (χ1v) is 3.00. The van der Waals surface area contributed by atoms with Crippen LogP contribution in [0.1, 0.15) is 20.8 Å². The highest BCUT2D eigenvalue weighted by molar-refractivity contribution is 6.11. The predicted molar refractivity (Wildman–Crippen MR) is 36.3 cm³/mol. The van der Waals surface area contributed by atoms with Crippen LogP contribution in [0.3, 0.4) is 0 Å². The summed E-state index contributed by atoms with van der Waals surface area (Å²) >= 11 is 0. The van der Waals surface area contributed by atoms with Gasteiger partial charge in [-0.1, -0.05) is 12.7 Å². The third-order valence-corrected chi connectivity index (χ3v) is 0.692. The van der Waals surface area contributed by atoms with Gasteiger partial charge in [0.15, 0.2) is 0 Å². The SMILES string of the molecule is [B]C(C)COC(C)C. The molecule has 0 aliphatic carbocycles. The monoisotopic (exact) mass is 112 g/mol. The van der Waals surface area contributed by atoms with Crippen molar-refractivity contribution in [2.75, 3.05) is 6.61 Å². The van der Waals surface area contributed by atoms with Gasteiger partial charge in [0.25, 0.3) is 0 Å². The van der Waals surface area contributed by atoms with Crippen LogP contribution < -0.4 is 0 Å². The lowest BCUT2D eigenvalue weighted by Gasteiger charge is -2.08. The molecule has 0 aliphatic heterocycles. The summed E-state index contributed by atoms with van der Waals surface area (Å²) in [5, 5.41) is 0. The molecule has 1 unspecified atom stereocenters. The Hall–Kier alpha value is 0.0249. The molecule has 2 radical (unpaired) electrons. The molecule has 1 nitrogen and oxygen atoms in total. The van der Waals surface area contributed by atoms with Gasteiger partial charge in [-0.2, -0.15) is 0 Å². The quantitative estimate of drug-likeness (QED) is 0.501. The highest BCUT2D eigenvalue weighted by atomic mass is 16.5. The van der Waals surface area contributed by atoms with Crippen LogP contribution in [0, 0.1) is 0 Å². The molecule has 0 aromatic rings. The number of ether oxygens (including phenoxy) is 1. The summed E-state index contributed by atoms with van der Waals surface area (Å²) in [4.78, 5) is 0. The van der Waals surface area contributed by atoms with Crippen LogP contribution in [-0.2, 0) is 4.74 Å². The molecule has 0 rings (SSSR count). The van der Waals surface area contributed by atoms with Gasteiger partial charge in [0.2, 0.25) is 0 Å². The Morgan fingerprint density at radius 3 is 2.00 bits per heavy atom. The van der Waals surface area contributed by atoms with Crippen molar-refractivity contribution >= 4 is 7.85 Å². The molecule has 0 fully saturated rings. The smallest absolute Gasteiger partial charge is 0.0727 e. The minimum absolute atomic E-state index is 0.164. The minimum Gasteiger partial charge on any atom is -0.379 e. The number of hydrogen-bond donors (Lipinski definition) is 0. The van der Waals surface area contributed by atoms with Crippen molar-refractivity contribution < 1.29 is 4.74 Å². The summed E-state index contributed by atoms with van der Waals surface area (Å²) in [6.45, 7) is 6.60. The molecule has 1 atom stereocenters. The molecule has 0 amide bonds. The molecule has 0 bridgehead atoms. The predicted octanol–water partition coefficient (Wildman–Crippen LogP) is 1.39. The summed E-state index contributed by atoms with van der Waals surface area (Å²) < 4.78 is 5.18. The average molecular weight is 112 g/mol. The zero-order valence-corrected chi connectivity index (χ0v) is 5.85. The summed E-state index contributed by atoms with van der Waals surface area (Å²) in [5.74, 6) is 0.164. The van der Waals surface area contributed by atoms with E-state index in [4.69, 9.17) is 12.6 Å². The van der Waals surface area contributed by atoms with Gasteiger partial charge >= 0.3 is 0 Å². The molecule has 0 saturated heterocycles. The van der Waals surface area contributed by atoms with Crippen LogP contribution in [0.2, 0.25) is 5.82 Å². The molecule has 46 valence electrons. The Labute approximate surface area is 52.8 Å². The maximum atomic E-state index is 5.42. The van der Waals surface area contributed by atoms with E-state index < -0.39 is 0 Å². The lowest BCUT2D eigenvalue weighted by molar-refractivity contribution is 0.0798. The second kappa shape index (κ2) is 3.96. The number of rotatable bonds is 3. The molecule has 0 N–H and O–H groups in total. The van der Waals surface area contributed by atoms with Gasteiger partial charge in [0, 0.05) is 6.61 Å². The zero-order valence-electron chi connectivity index (χ0n) is 5.85. The number of hydrogen-bond acceptors (Lipinski definition) is 1. The summed E-state index contributed by atoms with van der Waals surface area (Å²) in [6, 6.07) is 0. The van der Waals surface area contributed by atoms with E-state index >= 15 is 0 Å². The lowest BCUT2D eigenvalue weighted by Crippen LogP contribution is -2.06. The van der Waals surface area contributed by atoms with E-state index in [0.29, 0.717) is 12.7 Å². The van der Waals surface area contributed by atoms with Crippen LogP contribution >= 0.6 is 0 Å². The Morgan fingerprint density at radius 2 is 1.88 bits per heavy atom. The van der Waals surface area contributed by atoms with Gasteiger partial charge in [-0.15, -0.1) is 0 Å². The van der Waals surface area contributed by atoms with Crippen molar-refractivity contribution in [2.45, 2.75) is 32.7 Å². The fourth-order valence-corrected chi connectivity index (χ4v) is 0.344. The maximum Gasteiger partial charge on any atom is 0.0727 e. The molecule has 0 heterocycles. The van der Waals surface area contributed by atoms with Gasteiger partial charge in [-0.05, 0) is 13.8 Å². The summed E-state index contributed by atoms with van der Waals surface area (Å²) in [6.07, 6.45) is 0.306. The van der Waals surface area contributed by atoms with E-state index in [9.17, 15) is 0 Å². The molecular formula is C6H13BO. The fraction of sp³-hybridized carbons (Fsp3) is 1.00. The van der Waals surface area contributed by atoms with Crippen molar-refractivity contribution in [3.63, 3.8) is 0 Å². The highest BCUT2D eigenvalue weighted by Crippen LogP contribution is 1.97. The lowest BCUT2D eigenvalue weighted by atomic mass is 9.91. The van der Waals surface area contributed by atoms with Crippen molar-refractivity contribution in [3.05, 3.63) is 0 Å². The maximum absolute atomic E-state index is 5.42. The summed E-state index contributed by atoms with van der Waals surface area (Å²) in [5.41, 5.74) is 0. The van der Waals surface area contributed by atoms with Crippen molar-refractivity contribution in [1.82, 2.24) is 0 Å². The molecule has 0 aliphatic rings.